The van der Waals surface area contributed by atoms with Crippen molar-refractivity contribution >= 4 is 0 Å². The molecule has 1 aliphatic carbocycles. The molecule has 0 saturated heterocycles. The Morgan fingerprint density at radius 1 is 1.04 bits per heavy atom. The van der Waals surface area contributed by atoms with Crippen LogP contribution in [0.3, 0.4) is 0 Å². The van der Waals surface area contributed by atoms with Gasteiger partial charge in [-0.25, -0.2) is 0 Å². The number of fused-ring (bicyclic) bond motifs is 1. The predicted molar refractivity (Wildman–Crippen MR) is 97.6 cm³/mol. The molecule has 2 nitrogen and oxygen atoms in total. The fourth-order valence-corrected chi connectivity index (χ4v) is 3.95. The fraction of sp³-hybridized carbons (Fsp3) is 0.409. The molecule has 0 saturated carbocycles. The maximum Gasteiger partial charge on any atom is 0.119 e. The summed E-state index contributed by atoms with van der Waals surface area (Å²) in [5.41, 5.74) is 7.71. The Kier molecular flexibility index (Phi) is 4.90. The maximum absolute atomic E-state index is 9.62. The van der Waals surface area contributed by atoms with Crippen molar-refractivity contribution in [2.24, 2.45) is 0 Å². The SMILES string of the molecule is Cc1cc(C)c(C(C#N)CCOc2ccc3c(c2)CCC3)c(C)c1. The third kappa shape index (κ3) is 3.46. The van der Waals surface area contributed by atoms with Gasteiger partial charge >= 0.3 is 0 Å². The Morgan fingerprint density at radius 2 is 1.75 bits per heavy atom. The monoisotopic (exact) mass is 319 g/mol. The van der Waals surface area contributed by atoms with E-state index in [2.05, 4.69) is 57.2 Å². The van der Waals surface area contributed by atoms with E-state index in [4.69, 9.17) is 4.74 Å². The molecule has 0 N–H and O–H groups in total. The fourth-order valence-electron chi connectivity index (χ4n) is 3.95. The number of nitriles is 1. The van der Waals surface area contributed by atoms with Crippen LogP contribution in [-0.4, -0.2) is 6.61 Å². The number of ether oxygens (including phenoxy) is 1. The largest absolute Gasteiger partial charge is 0.494 e. The van der Waals surface area contributed by atoms with Crippen LogP contribution in [0.25, 0.3) is 0 Å². The summed E-state index contributed by atoms with van der Waals surface area (Å²) in [5.74, 6) is 0.824. The van der Waals surface area contributed by atoms with Gasteiger partial charge in [0.1, 0.15) is 5.75 Å². The van der Waals surface area contributed by atoms with Crippen LogP contribution in [0, 0.1) is 32.1 Å². The van der Waals surface area contributed by atoms with E-state index in [-0.39, 0.29) is 5.92 Å². The number of hydrogen-bond donors (Lipinski definition) is 0. The van der Waals surface area contributed by atoms with Gasteiger partial charge in [-0.05, 0) is 80.0 Å². The zero-order chi connectivity index (χ0) is 17.1. The van der Waals surface area contributed by atoms with E-state index in [9.17, 15) is 5.26 Å². The Bertz CT molecular complexity index is 762. The zero-order valence-corrected chi connectivity index (χ0v) is 14.9. The second-order valence-electron chi connectivity index (χ2n) is 6.92. The van der Waals surface area contributed by atoms with Gasteiger partial charge in [0.2, 0.25) is 0 Å². The minimum Gasteiger partial charge on any atom is -0.494 e. The quantitative estimate of drug-likeness (QED) is 0.761. The minimum atomic E-state index is -0.111. The smallest absolute Gasteiger partial charge is 0.119 e. The van der Waals surface area contributed by atoms with Crippen molar-refractivity contribution in [1.29, 1.82) is 5.26 Å². The molecule has 0 aromatic heterocycles. The molecule has 2 aromatic rings. The summed E-state index contributed by atoms with van der Waals surface area (Å²) in [6.45, 7) is 6.87. The Balaban J connectivity index is 1.66. The van der Waals surface area contributed by atoms with Gasteiger partial charge in [0, 0.05) is 6.42 Å². The van der Waals surface area contributed by atoms with E-state index in [1.807, 2.05) is 0 Å². The Morgan fingerprint density at radius 3 is 2.46 bits per heavy atom. The van der Waals surface area contributed by atoms with Crippen LogP contribution in [0.1, 0.15) is 52.1 Å². The van der Waals surface area contributed by atoms with E-state index < -0.39 is 0 Å². The molecule has 1 unspecified atom stereocenters. The number of benzene rings is 2. The van der Waals surface area contributed by atoms with Crippen molar-refractivity contribution in [2.45, 2.75) is 52.4 Å². The first-order valence-electron chi connectivity index (χ1n) is 8.80. The molecule has 0 spiro atoms. The van der Waals surface area contributed by atoms with Crippen LogP contribution in [-0.2, 0) is 12.8 Å². The summed E-state index contributed by atoms with van der Waals surface area (Å²) in [5, 5.41) is 9.62. The van der Waals surface area contributed by atoms with Crippen molar-refractivity contribution in [3.05, 3.63) is 63.7 Å². The predicted octanol–water partition coefficient (Wildman–Crippen LogP) is 5.18. The molecule has 0 fully saturated rings. The molecule has 2 heteroatoms. The molecular formula is C22H25NO. The van der Waals surface area contributed by atoms with Crippen molar-refractivity contribution in [2.75, 3.05) is 6.61 Å². The van der Waals surface area contributed by atoms with E-state index in [1.165, 1.54) is 46.2 Å². The first-order chi connectivity index (χ1) is 11.6. The third-order valence-corrected chi connectivity index (χ3v) is 4.99. The highest BCUT2D eigenvalue weighted by Crippen LogP contribution is 2.29. The first kappa shape index (κ1) is 16.6. The van der Waals surface area contributed by atoms with Gasteiger partial charge in [-0.2, -0.15) is 5.26 Å². The molecule has 0 aliphatic heterocycles. The molecule has 0 radical (unpaired) electrons. The van der Waals surface area contributed by atoms with Crippen molar-refractivity contribution < 1.29 is 4.74 Å². The van der Waals surface area contributed by atoms with Crippen molar-refractivity contribution in [3.63, 3.8) is 0 Å². The minimum absolute atomic E-state index is 0.111. The van der Waals surface area contributed by atoms with Gasteiger partial charge in [-0.1, -0.05) is 23.8 Å². The van der Waals surface area contributed by atoms with Crippen LogP contribution in [0.5, 0.6) is 5.75 Å². The lowest BCUT2D eigenvalue weighted by Crippen LogP contribution is -2.08. The first-order valence-corrected chi connectivity index (χ1v) is 8.80. The van der Waals surface area contributed by atoms with Crippen LogP contribution in [0.15, 0.2) is 30.3 Å². The third-order valence-electron chi connectivity index (χ3n) is 4.99. The van der Waals surface area contributed by atoms with E-state index in [1.54, 1.807) is 0 Å². The van der Waals surface area contributed by atoms with Crippen molar-refractivity contribution in [3.8, 4) is 11.8 Å². The number of hydrogen-bond acceptors (Lipinski definition) is 2. The van der Waals surface area contributed by atoms with Crippen LogP contribution < -0.4 is 4.74 Å². The molecule has 0 bridgehead atoms. The Hall–Kier alpha value is -2.27. The molecule has 1 aliphatic rings. The topological polar surface area (TPSA) is 33.0 Å². The normalized spacial score (nSPS) is 14.1. The van der Waals surface area contributed by atoms with Gasteiger partial charge in [-0.15, -0.1) is 0 Å². The molecule has 0 heterocycles. The molecule has 24 heavy (non-hydrogen) atoms. The molecule has 3 rings (SSSR count). The van der Waals surface area contributed by atoms with Gasteiger partial charge in [-0.3, -0.25) is 0 Å². The summed E-state index contributed by atoms with van der Waals surface area (Å²) in [6, 6.07) is 13.2. The van der Waals surface area contributed by atoms with Crippen LogP contribution >= 0.6 is 0 Å². The van der Waals surface area contributed by atoms with Crippen LogP contribution in [0.2, 0.25) is 0 Å². The van der Waals surface area contributed by atoms with Gasteiger partial charge < -0.3 is 4.74 Å². The Labute approximate surface area is 145 Å². The van der Waals surface area contributed by atoms with E-state index >= 15 is 0 Å². The highest BCUT2D eigenvalue weighted by molar-refractivity contribution is 5.42. The molecule has 1 atom stereocenters. The molecule has 2 aromatic carbocycles. The lowest BCUT2D eigenvalue weighted by atomic mass is 9.88. The van der Waals surface area contributed by atoms with Crippen LogP contribution in [0.4, 0.5) is 0 Å². The summed E-state index contributed by atoms with van der Waals surface area (Å²) < 4.78 is 5.94. The lowest BCUT2D eigenvalue weighted by Gasteiger charge is -2.17. The second-order valence-corrected chi connectivity index (χ2v) is 6.92. The van der Waals surface area contributed by atoms with E-state index in [0.29, 0.717) is 6.61 Å². The summed E-state index contributed by atoms with van der Waals surface area (Å²) >= 11 is 0. The number of rotatable bonds is 5. The van der Waals surface area contributed by atoms with Crippen molar-refractivity contribution in [1.82, 2.24) is 0 Å². The zero-order valence-electron chi connectivity index (χ0n) is 14.9. The highest BCUT2D eigenvalue weighted by Gasteiger charge is 2.17. The average Bonchev–Trinajstić information content (AvgIpc) is 3.00. The van der Waals surface area contributed by atoms with Gasteiger partial charge in [0.05, 0.1) is 18.6 Å². The average molecular weight is 319 g/mol. The highest BCUT2D eigenvalue weighted by atomic mass is 16.5. The summed E-state index contributed by atoms with van der Waals surface area (Å²) in [6.07, 6.45) is 4.33. The molecular weight excluding hydrogens is 294 g/mol. The lowest BCUT2D eigenvalue weighted by molar-refractivity contribution is 0.305. The summed E-state index contributed by atoms with van der Waals surface area (Å²) in [7, 11) is 0. The van der Waals surface area contributed by atoms with Gasteiger partial charge in [0.15, 0.2) is 0 Å². The standard InChI is InChI=1S/C22H25NO/c1-15-11-16(2)22(17(3)12-15)20(14-23)9-10-24-21-8-7-18-5-4-6-19(18)13-21/h7-8,11-13,20H,4-6,9-10H2,1-3H3. The molecule has 0 amide bonds. The number of aryl methyl sites for hydroxylation is 5. The van der Waals surface area contributed by atoms with Gasteiger partial charge in [0.25, 0.3) is 0 Å². The summed E-state index contributed by atoms with van der Waals surface area (Å²) in [4.78, 5) is 0. The number of nitrogens with zero attached hydrogens (tertiary/aromatic N) is 1. The maximum atomic E-state index is 9.62. The van der Waals surface area contributed by atoms with E-state index in [0.717, 1.165) is 18.6 Å². The second kappa shape index (κ2) is 7.09. The molecule has 124 valence electrons.